The van der Waals surface area contributed by atoms with Crippen molar-refractivity contribution in [1.29, 1.82) is 0 Å². The zero-order valence-corrected chi connectivity index (χ0v) is 14.2. The second kappa shape index (κ2) is 5.80. The molecule has 0 unspecified atom stereocenters. The zero-order valence-electron chi connectivity index (χ0n) is 13.4. The summed E-state index contributed by atoms with van der Waals surface area (Å²) in [4.78, 5) is 8.51. The van der Waals surface area contributed by atoms with E-state index in [1.54, 1.807) is 0 Å². The Balaban J connectivity index is 1.77. The van der Waals surface area contributed by atoms with Gasteiger partial charge in [0, 0.05) is 61.7 Å². The van der Waals surface area contributed by atoms with Gasteiger partial charge in [0.05, 0.1) is 0 Å². The van der Waals surface area contributed by atoms with Gasteiger partial charge in [-0.25, -0.2) is 0 Å². The first kappa shape index (κ1) is 14.3. The number of thiophene rings is 1. The van der Waals surface area contributed by atoms with E-state index in [0.717, 1.165) is 11.1 Å². The molecule has 0 bridgehead atoms. The number of pyridine rings is 2. The van der Waals surface area contributed by atoms with Crippen LogP contribution in [0.15, 0.2) is 85.5 Å². The maximum atomic E-state index is 4.27. The first-order chi connectivity index (χ1) is 12.4. The van der Waals surface area contributed by atoms with Crippen LogP contribution in [-0.4, -0.2) is 9.97 Å². The van der Waals surface area contributed by atoms with E-state index in [2.05, 4.69) is 58.5 Å². The van der Waals surface area contributed by atoms with Crippen LogP contribution in [0.3, 0.4) is 0 Å². The molecule has 5 aromatic rings. The minimum absolute atomic E-state index is 1.15. The van der Waals surface area contributed by atoms with Crippen LogP contribution in [0.25, 0.3) is 42.4 Å². The van der Waals surface area contributed by atoms with E-state index in [4.69, 9.17) is 0 Å². The third-order valence-electron chi connectivity index (χ3n) is 4.46. The van der Waals surface area contributed by atoms with Gasteiger partial charge in [-0.3, -0.25) is 9.97 Å². The number of rotatable bonds is 2. The molecule has 0 saturated carbocycles. The number of hydrogen-bond donors (Lipinski definition) is 0. The molecule has 2 nitrogen and oxygen atoms in total. The van der Waals surface area contributed by atoms with E-state index in [9.17, 15) is 0 Å². The lowest BCUT2D eigenvalue weighted by molar-refractivity contribution is 1.33. The molecule has 2 aromatic carbocycles. The standard InChI is InChI=1S/C22H14N2S/c1-6-18(17-5-3-11-24-14-17)22-19(7-1)20-12-15(8-9-21(20)25-22)16-4-2-10-23-13-16/h1-14H. The van der Waals surface area contributed by atoms with Crippen molar-refractivity contribution >= 4 is 31.5 Å². The van der Waals surface area contributed by atoms with E-state index in [1.165, 1.54) is 31.3 Å². The van der Waals surface area contributed by atoms with Crippen molar-refractivity contribution in [3.05, 3.63) is 85.5 Å². The highest BCUT2D eigenvalue weighted by Crippen LogP contribution is 2.40. The highest BCUT2D eigenvalue weighted by Gasteiger charge is 2.11. The van der Waals surface area contributed by atoms with Crippen LogP contribution in [0.1, 0.15) is 0 Å². The first-order valence-corrected chi connectivity index (χ1v) is 8.98. The number of benzene rings is 2. The predicted molar refractivity (Wildman–Crippen MR) is 106 cm³/mol. The number of hydrogen-bond acceptors (Lipinski definition) is 3. The van der Waals surface area contributed by atoms with Gasteiger partial charge < -0.3 is 0 Å². The summed E-state index contributed by atoms with van der Waals surface area (Å²) in [5.41, 5.74) is 4.75. The lowest BCUT2D eigenvalue weighted by atomic mass is 10.0. The van der Waals surface area contributed by atoms with E-state index in [0.29, 0.717) is 0 Å². The molecule has 3 aromatic heterocycles. The van der Waals surface area contributed by atoms with Gasteiger partial charge in [0.2, 0.25) is 0 Å². The molecule has 0 fully saturated rings. The van der Waals surface area contributed by atoms with Crippen molar-refractivity contribution in [2.75, 3.05) is 0 Å². The lowest BCUT2D eigenvalue weighted by Crippen LogP contribution is -1.80. The van der Waals surface area contributed by atoms with E-state index in [-0.39, 0.29) is 0 Å². The van der Waals surface area contributed by atoms with Crippen molar-refractivity contribution in [3.63, 3.8) is 0 Å². The molecule has 0 atom stereocenters. The third-order valence-corrected chi connectivity index (χ3v) is 5.68. The Kier molecular flexibility index (Phi) is 3.32. The van der Waals surface area contributed by atoms with Gasteiger partial charge >= 0.3 is 0 Å². The van der Waals surface area contributed by atoms with Crippen molar-refractivity contribution < 1.29 is 0 Å². The molecule has 0 aliphatic heterocycles. The Labute approximate surface area is 149 Å². The molecule has 0 aliphatic rings. The van der Waals surface area contributed by atoms with Crippen LogP contribution in [0, 0.1) is 0 Å². The van der Waals surface area contributed by atoms with Gasteiger partial charge in [0.15, 0.2) is 0 Å². The van der Waals surface area contributed by atoms with Crippen molar-refractivity contribution in [3.8, 4) is 22.3 Å². The van der Waals surface area contributed by atoms with Crippen LogP contribution >= 0.6 is 11.3 Å². The molecule has 25 heavy (non-hydrogen) atoms. The fourth-order valence-electron chi connectivity index (χ4n) is 3.26. The largest absolute Gasteiger partial charge is 0.264 e. The number of aromatic nitrogens is 2. The summed E-state index contributed by atoms with van der Waals surface area (Å²) in [7, 11) is 0. The summed E-state index contributed by atoms with van der Waals surface area (Å²) < 4.78 is 2.62. The molecule has 0 amide bonds. The van der Waals surface area contributed by atoms with Crippen molar-refractivity contribution in [1.82, 2.24) is 9.97 Å². The molecule has 0 N–H and O–H groups in total. The van der Waals surface area contributed by atoms with Gasteiger partial charge in [0.1, 0.15) is 0 Å². The fraction of sp³-hybridized carbons (Fsp3) is 0. The van der Waals surface area contributed by atoms with E-state index in [1.807, 2.05) is 48.3 Å². The molecule has 3 heteroatoms. The molecule has 0 aliphatic carbocycles. The molecular formula is C22H14N2S. The monoisotopic (exact) mass is 338 g/mol. The summed E-state index contributed by atoms with van der Waals surface area (Å²) in [6, 6.07) is 21.4. The van der Waals surface area contributed by atoms with E-state index >= 15 is 0 Å². The van der Waals surface area contributed by atoms with Crippen molar-refractivity contribution in [2.45, 2.75) is 0 Å². The number of nitrogens with zero attached hydrogens (tertiary/aromatic N) is 2. The third kappa shape index (κ3) is 2.41. The van der Waals surface area contributed by atoms with Gasteiger partial charge in [0.25, 0.3) is 0 Å². The average molecular weight is 338 g/mol. The van der Waals surface area contributed by atoms with Crippen LogP contribution in [0.4, 0.5) is 0 Å². The predicted octanol–water partition coefficient (Wildman–Crippen LogP) is 6.18. The Morgan fingerprint density at radius 1 is 0.640 bits per heavy atom. The van der Waals surface area contributed by atoms with Gasteiger partial charge in [-0.05, 0) is 29.8 Å². The minimum Gasteiger partial charge on any atom is -0.264 e. The Morgan fingerprint density at radius 3 is 2.20 bits per heavy atom. The van der Waals surface area contributed by atoms with Crippen LogP contribution < -0.4 is 0 Å². The lowest BCUT2D eigenvalue weighted by Gasteiger charge is -2.03. The molecule has 0 radical (unpaired) electrons. The molecule has 3 heterocycles. The molecule has 5 rings (SSSR count). The molecule has 118 valence electrons. The van der Waals surface area contributed by atoms with Gasteiger partial charge in [-0.2, -0.15) is 0 Å². The summed E-state index contributed by atoms with van der Waals surface area (Å²) in [6.45, 7) is 0. The summed E-state index contributed by atoms with van der Waals surface area (Å²) in [6.07, 6.45) is 7.47. The smallest absolute Gasteiger partial charge is 0.0434 e. The highest BCUT2D eigenvalue weighted by molar-refractivity contribution is 7.26. The van der Waals surface area contributed by atoms with Crippen LogP contribution in [0.5, 0.6) is 0 Å². The fourth-order valence-corrected chi connectivity index (χ4v) is 4.48. The van der Waals surface area contributed by atoms with E-state index < -0.39 is 0 Å². The van der Waals surface area contributed by atoms with Crippen molar-refractivity contribution in [2.24, 2.45) is 0 Å². The van der Waals surface area contributed by atoms with Gasteiger partial charge in [-0.1, -0.05) is 36.4 Å². The zero-order chi connectivity index (χ0) is 16.6. The molecular weight excluding hydrogens is 324 g/mol. The highest BCUT2D eigenvalue weighted by atomic mass is 32.1. The maximum absolute atomic E-state index is 4.27. The first-order valence-electron chi connectivity index (χ1n) is 8.16. The van der Waals surface area contributed by atoms with Crippen LogP contribution in [0.2, 0.25) is 0 Å². The normalized spacial score (nSPS) is 11.2. The summed E-state index contributed by atoms with van der Waals surface area (Å²) in [5.74, 6) is 0. The second-order valence-corrected chi connectivity index (χ2v) is 7.03. The SMILES string of the molecule is c1cncc(-c2ccc3sc4c(-c5cccnc5)cccc4c3c2)c1. The minimum atomic E-state index is 1.15. The topological polar surface area (TPSA) is 25.8 Å². The summed E-state index contributed by atoms with van der Waals surface area (Å²) >= 11 is 1.84. The Morgan fingerprint density at radius 2 is 1.44 bits per heavy atom. The Hall–Kier alpha value is -3.04. The molecule has 0 saturated heterocycles. The molecule has 0 spiro atoms. The van der Waals surface area contributed by atoms with Gasteiger partial charge in [-0.15, -0.1) is 11.3 Å². The summed E-state index contributed by atoms with van der Waals surface area (Å²) in [5, 5.41) is 2.60. The quantitative estimate of drug-likeness (QED) is 0.384. The number of fused-ring (bicyclic) bond motifs is 3. The average Bonchev–Trinajstić information content (AvgIpc) is 3.07. The van der Waals surface area contributed by atoms with Crippen LogP contribution in [-0.2, 0) is 0 Å². The second-order valence-electron chi connectivity index (χ2n) is 5.98. The maximum Gasteiger partial charge on any atom is 0.0434 e. The Bertz CT molecular complexity index is 1180.